The van der Waals surface area contributed by atoms with Gasteiger partial charge in [-0.2, -0.15) is 0 Å². The van der Waals surface area contributed by atoms with E-state index in [-0.39, 0.29) is 66.3 Å². The van der Waals surface area contributed by atoms with Crippen LogP contribution in [0.25, 0.3) is 0 Å². The van der Waals surface area contributed by atoms with Crippen LogP contribution in [0.4, 0.5) is 0 Å². The monoisotopic (exact) mass is 927 g/mol. The molecule has 0 aromatic heterocycles. The fourth-order valence-corrected chi connectivity index (χ4v) is 2.03. The number of esters is 10. The summed E-state index contributed by atoms with van der Waals surface area (Å²) in [5, 5.41) is 7.57. The number of ether oxygens (including phenoxy) is 10. The number of aliphatic hydroxyl groups is 1. The number of hydrogen-bond donors (Lipinski definition) is 1. The molecule has 380 valence electrons. The predicted molar refractivity (Wildman–Crippen MR) is 236 cm³/mol. The first-order valence-corrected chi connectivity index (χ1v) is 20.1. The van der Waals surface area contributed by atoms with Gasteiger partial charge in [0, 0.05) is 75.8 Å². The van der Waals surface area contributed by atoms with Gasteiger partial charge in [0.1, 0.15) is 0 Å². The maximum absolute atomic E-state index is 9.82. The molecule has 0 aliphatic carbocycles. The standard InChI is InChI=1S/10C4H8O2.C2H6O/c10*1-3-6-4(2)5;1-2-3/h10*3H2,1-2H3;3H,2H2,1H3. The van der Waals surface area contributed by atoms with E-state index in [1.807, 2.05) is 0 Å². The van der Waals surface area contributed by atoms with Gasteiger partial charge in [-0.25, -0.2) is 0 Å². The molecule has 0 rings (SSSR count). The molecular weight excluding hydrogens is 840 g/mol. The average Bonchev–Trinajstić information content (AvgIpc) is 3.10. The van der Waals surface area contributed by atoms with Crippen LogP contribution < -0.4 is 0 Å². The topological polar surface area (TPSA) is 283 Å². The van der Waals surface area contributed by atoms with Crippen molar-refractivity contribution in [2.45, 2.75) is 145 Å². The zero-order valence-corrected chi connectivity index (χ0v) is 42.4. The molecule has 0 saturated heterocycles. The summed E-state index contributed by atoms with van der Waals surface area (Å²) in [4.78, 5) is 98.2. The van der Waals surface area contributed by atoms with E-state index in [0.29, 0.717) is 66.1 Å². The lowest BCUT2D eigenvalue weighted by molar-refractivity contribution is -0.141. The number of hydrogen-bond acceptors (Lipinski definition) is 21. The molecule has 0 bridgehead atoms. The Kier molecular flexibility index (Phi) is 114. The second kappa shape index (κ2) is 84.2. The third-order valence-corrected chi connectivity index (χ3v) is 3.48. The van der Waals surface area contributed by atoms with Gasteiger partial charge in [0.25, 0.3) is 0 Å². The lowest BCUT2D eigenvalue weighted by atomic mass is 10.8. The van der Waals surface area contributed by atoms with Gasteiger partial charge in [-0.3, -0.25) is 47.9 Å². The quantitative estimate of drug-likeness (QED) is 0.203. The van der Waals surface area contributed by atoms with Crippen LogP contribution in [0.15, 0.2) is 0 Å². The lowest BCUT2D eigenvalue weighted by Gasteiger charge is -1.89. The van der Waals surface area contributed by atoms with Crippen LogP contribution >= 0.6 is 0 Å². The smallest absolute Gasteiger partial charge is 0.302 e. The molecule has 21 heteroatoms. The van der Waals surface area contributed by atoms with E-state index in [0.717, 1.165) is 0 Å². The average molecular weight is 927 g/mol. The van der Waals surface area contributed by atoms with Crippen molar-refractivity contribution in [3.05, 3.63) is 0 Å². The predicted octanol–water partition coefficient (Wildman–Crippen LogP) is 5.69. The molecule has 0 atom stereocenters. The summed E-state index contributed by atoms with van der Waals surface area (Å²) >= 11 is 0. The highest BCUT2D eigenvalue weighted by atomic mass is 16.6. The highest BCUT2D eigenvalue weighted by Gasteiger charge is 1.86. The molecule has 1 N–H and O–H groups in total. The zero-order valence-electron chi connectivity index (χ0n) is 42.4. The van der Waals surface area contributed by atoms with Crippen molar-refractivity contribution in [3.63, 3.8) is 0 Å². The molecule has 63 heavy (non-hydrogen) atoms. The molecule has 0 aliphatic rings. The van der Waals surface area contributed by atoms with Crippen LogP contribution in [0.2, 0.25) is 0 Å². The van der Waals surface area contributed by atoms with E-state index >= 15 is 0 Å². The normalized spacial score (nSPS) is 7.59. The van der Waals surface area contributed by atoms with Crippen molar-refractivity contribution in [3.8, 4) is 0 Å². The third kappa shape index (κ3) is 278. The van der Waals surface area contributed by atoms with Gasteiger partial charge >= 0.3 is 59.7 Å². The first-order valence-electron chi connectivity index (χ1n) is 20.1. The van der Waals surface area contributed by atoms with Gasteiger partial charge in [0.05, 0.1) is 66.1 Å². The van der Waals surface area contributed by atoms with E-state index in [1.165, 1.54) is 69.2 Å². The summed E-state index contributed by atoms with van der Waals surface area (Å²) in [6.45, 7) is 38.5. The highest BCUT2D eigenvalue weighted by Crippen LogP contribution is 1.74. The fraction of sp³-hybridized carbons (Fsp3) is 0.762. The van der Waals surface area contributed by atoms with E-state index in [2.05, 4.69) is 47.4 Å². The maximum atomic E-state index is 9.82. The van der Waals surface area contributed by atoms with Crippen molar-refractivity contribution in [2.24, 2.45) is 0 Å². The van der Waals surface area contributed by atoms with Gasteiger partial charge in [0.2, 0.25) is 0 Å². The molecule has 0 aliphatic heterocycles. The minimum Gasteiger partial charge on any atom is -0.466 e. The molecule has 0 saturated carbocycles. The molecule has 0 unspecified atom stereocenters. The number of carbonyl (C=O) groups excluding carboxylic acids is 10. The first-order chi connectivity index (χ1) is 29.1. The van der Waals surface area contributed by atoms with Crippen molar-refractivity contribution in [1.82, 2.24) is 0 Å². The summed E-state index contributed by atoms with van der Waals surface area (Å²) in [5.41, 5.74) is 0. The number of rotatable bonds is 10. The Labute approximate surface area is 377 Å². The second-order valence-corrected chi connectivity index (χ2v) is 9.56. The van der Waals surface area contributed by atoms with Crippen LogP contribution in [0.1, 0.15) is 145 Å². The number of aliphatic hydroxyl groups excluding tert-OH is 1. The first kappa shape index (κ1) is 85.0. The Hall–Kier alpha value is -5.34. The van der Waals surface area contributed by atoms with E-state index in [1.54, 1.807) is 76.2 Å². The van der Waals surface area contributed by atoms with E-state index in [9.17, 15) is 47.9 Å². The van der Waals surface area contributed by atoms with Crippen LogP contribution in [-0.2, 0) is 95.3 Å². The summed E-state index contributed by atoms with van der Waals surface area (Å²) < 4.78 is 44.0. The fourth-order valence-electron chi connectivity index (χ4n) is 2.03. The van der Waals surface area contributed by atoms with Crippen molar-refractivity contribution < 1.29 is 100 Å². The summed E-state index contributed by atoms with van der Waals surface area (Å²) in [6, 6.07) is 0. The van der Waals surface area contributed by atoms with E-state index in [4.69, 9.17) is 5.11 Å². The van der Waals surface area contributed by atoms with Crippen LogP contribution in [0, 0.1) is 0 Å². The molecule has 0 heterocycles. The largest absolute Gasteiger partial charge is 0.466 e. The Balaban J connectivity index is -0.0000000526. The zero-order chi connectivity index (χ0) is 52.6. The number of carbonyl (C=O) groups is 10. The Bertz CT molecular complexity index is 779. The van der Waals surface area contributed by atoms with Crippen LogP contribution in [0.3, 0.4) is 0 Å². The molecule has 0 fully saturated rings. The Morgan fingerprint density at radius 2 is 0.270 bits per heavy atom. The maximum Gasteiger partial charge on any atom is 0.302 e. The Morgan fingerprint density at radius 3 is 0.270 bits per heavy atom. The van der Waals surface area contributed by atoms with Crippen LogP contribution in [-0.4, -0.2) is 137 Å². The van der Waals surface area contributed by atoms with Crippen molar-refractivity contribution in [1.29, 1.82) is 0 Å². The minimum absolute atomic E-state index is 0.211. The molecule has 0 spiro atoms. The van der Waals surface area contributed by atoms with Crippen LogP contribution in [0.5, 0.6) is 0 Å². The molecule has 0 radical (unpaired) electrons. The van der Waals surface area contributed by atoms with Crippen molar-refractivity contribution in [2.75, 3.05) is 72.7 Å². The molecule has 21 nitrogen and oxygen atoms in total. The summed E-state index contributed by atoms with van der Waals surface area (Å²) in [7, 11) is 0. The molecule has 0 aromatic rings. The molecule has 0 amide bonds. The highest BCUT2D eigenvalue weighted by molar-refractivity contribution is 5.68. The van der Waals surface area contributed by atoms with Crippen molar-refractivity contribution >= 4 is 59.7 Å². The summed E-state index contributed by atoms with van der Waals surface area (Å²) in [6.07, 6.45) is 0. The third-order valence-electron chi connectivity index (χ3n) is 3.48. The summed E-state index contributed by atoms with van der Waals surface area (Å²) in [5.74, 6) is -2.11. The van der Waals surface area contributed by atoms with Gasteiger partial charge in [0.15, 0.2) is 0 Å². The molecular formula is C42H86O21. The SMILES string of the molecule is CCO.CCOC(C)=O.CCOC(C)=O.CCOC(C)=O.CCOC(C)=O.CCOC(C)=O.CCOC(C)=O.CCOC(C)=O.CCOC(C)=O.CCOC(C)=O.CCOC(C)=O. The van der Waals surface area contributed by atoms with Gasteiger partial charge in [-0.15, -0.1) is 0 Å². The minimum atomic E-state index is -0.211. The van der Waals surface area contributed by atoms with Gasteiger partial charge in [-0.1, -0.05) is 0 Å². The second-order valence-electron chi connectivity index (χ2n) is 9.56. The van der Waals surface area contributed by atoms with E-state index < -0.39 is 0 Å². The van der Waals surface area contributed by atoms with Gasteiger partial charge < -0.3 is 52.5 Å². The Morgan fingerprint density at radius 1 is 0.222 bits per heavy atom. The lowest BCUT2D eigenvalue weighted by Crippen LogP contribution is -1.95. The van der Waals surface area contributed by atoms with Gasteiger partial charge in [-0.05, 0) is 76.2 Å². The molecule has 0 aromatic carbocycles.